The number of rotatable bonds is 3. The minimum absolute atomic E-state index is 0.547. The molecule has 31 heavy (non-hydrogen) atoms. The molecule has 8 nitrogen and oxygen atoms in total. The molecule has 5 rings (SSSR count). The molecule has 1 saturated heterocycles. The van der Waals surface area contributed by atoms with E-state index in [0.717, 1.165) is 66.4 Å². The number of aromatic nitrogens is 3. The van der Waals surface area contributed by atoms with Gasteiger partial charge in [-0.2, -0.15) is 5.26 Å². The quantitative estimate of drug-likeness (QED) is 0.645. The Morgan fingerprint density at radius 1 is 1.06 bits per heavy atom. The zero-order valence-electron chi connectivity index (χ0n) is 17.9. The van der Waals surface area contributed by atoms with Crippen molar-refractivity contribution in [3.8, 4) is 6.07 Å². The number of pyridine rings is 1. The van der Waals surface area contributed by atoms with Gasteiger partial charge in [0.05, 0.1) is 30.0 Å². The Bertz CT molecular complexity index is 1160. The van der Waals surface area contributed by atoms with Crippen LogP contribution in [0, 0.1) is 11.3 Å². The first kappa shape index (κ1) is 19.5. The van der Waals surface area contributed by atoms with E-state index in [1.807, 2.05) is 25.1 Å². The first-order valence-corrected chi connectivity index (χ1v) is 10.6. The molecule has 0 saturated carbocycles. The predicted octanol–water partition coefficient (Wildman–Crippen LogP) is 2.36. The lowest BCUT2D eigenvalue weighted by Gasteiger charge is -2.37. The van der Waals surface area contributed by atoms with Crippen LogP contribution in [0.25, 0.3) is 10.9 Å². The number of fused-ring (bicyclic) bond motifs is 2. The van der Waals surface area contributed by atoms with Crippen LogP contribution in [-0.4, -0.2) is 61.8 Å². The third-order valence-corrected chi connectivity index (χ3v) is 6.00. The van der Waals surface area contributed by atoms with Crippen LogP contribution in [0.3, 0.4) is 0 Å². The Labute approximate surface area is 181 Å². The maximum Gasteiger partial charge on any atom is 0.146 e. The number of hydrogen-bond donors (Lipinski definition) is 0. The van der Waals surface area contributed by atoms with Crippen LogP contribution in [0.1, 0.15) is 16.8 Å². The highest BCUT2D eigenvalue weighted by atomic mass is 16.5. The fourth-order valence-electron chi connectivity index (χ4n) is 4.36. The van der Waals surface area contributed by atoms with Crippen molar-refractivity contribution in [1.82, 2.24) is 15.0 Å². The molecule has 0 amide bonds. The Morgan fingerprint density at radius 3 is 2.65 bits per heavy atom. The highest BCUT2D eigenvalue weighted by Crippen LogP contribution is 2.29. The minimum atomic E-state index is 0.547. The lowest BCUT2D eigenvalue weighted by atomic mass is 10.1. The number of benzene rings is 1. The number of piperazine rings is 1. The maximum atomic E-state index is 9.67. The van der Waals surface area contributed by atoms with Gasteiger partial charge in [-0.05, 0) is 24.3 Å². The Kier molecular flexibility index (Phi) is 5.04. The molecule has 1 fully saturated rings. The largest absolute Gasteiger partial charge is 0.376 e. The summed E-state index contributed by atoms with van der Waals surface area (Å²) in [5.41, 5.74) is 4.85. The molecule has 158 valence electrons. The topological polar surface area (TPSA) is 81.4 Å². The van der Waals surface area contributed by atoms with Crippen LogP contribution >= 0.6 is 0 Å². The third kappa shape index (κ3) is 3.62. The van der Waals surface area contributed by atoms with E-state index in [4.69, 9.17) is 9.72 Å². The van der Waals surface area contributed by atoms with Crippen LogP contribution in [0.5, 0.6) is 0 Å². The first-order chi connectivity index (χ1) is 15.1. The van der Waals surface area contributed by atoms with E-state index in [9.17, 15) is 5.26 Å². The van der Waals surface area contributed by atoms with Crippen LogP contribution in [-0.2, 0) is 17.8 Å². The second-order valence-electron chi connectivity index (χ2n) is 8.15. The zero-order valence-corrected chi connectivity index (χ0v) is 17.9. The summed E-state index contributed by atoms with van der Waals surface area (Å²) in [5, 5.41) is 10.7. The molecular weight excluding hydrogens is 390 g/mol. The van der Waals surface area contributed by atoms with Gasteiger partial charge in [-0.1, -0.05) is 0 Å². The Hall–Kier alpha value is -3.44. The van der Waals surface area contributed by atoms with Gasteiger partial charge in [0.1, 0.15) is 24.0 Å². The number of anilines is 3. The van der Waals surface area contributed by atoms with Gasteiger partial charge in [-0.25, -0.2) is 15.0 Å². The molecule has 0 aliphatic carbocycles. The summed E-state index contributed by atoms with van der Waals surface area (Å²) in [7, 11) is 4.00. The van der Waals surface area contributed by atoms with Gasteiger partial charge in [0.15, 0.2) is 0 Å². The van der Waals surface area contributed by atoms with E-state index in [1.165, 1.54) is 5.69 Å². The molecule has 0 radical (unpaired) electrons. The zero-order chi connectivity index (χ0) is 21.4. The van der Waals surface area contributed by atoms with Gasteiger partial charge < -0.3 is 19.4 Å². The van der Waals surface area contributed by atoms with Gasteiger partial charge in [0.2, 0.25) is 0 Å². The van der Waals surface area contributed by atoms with E-state index in [-0.39, 0.29) is 0 Å². The standard InChI is InChI=1S/C23H25N7O/c1-28(2)23-19-12-18(3-4-21(19)25-15-26-23)29-6-8-30(9-7-29)22-16(13-24)11-17-14-31-10-5-20(17)27-22/h3-4,11-12,15H,5-10,14H2,1-2H3. The normalized spacial score (nSPS) is 16.2. The predicted molar refractivity (Wildman–Crippen MR) is 121 cm³/mol. The second-order valence-corrected chi connectivity index (χ2v) is 8.15. The molecule has 2 aromatic heterocycles. The molecule has 0 bridgehead atoms. The van der Waals surface area contributed by atoms with Gasteiger partial charge in [0, 0.05) is 63.3 Å². The molecule has 0 spiro atoms. The fraction of sp³-hybridized carbons (Fsp3) is 0.391. The third-order valence-electron chi connectivity index (χ3n) is 6.00. The van der Waals surface area contributed by atoms with Crippen LogP contribution in [0.2, 0.25) is 0 Å². The highest BCUT2D eigenvalue weighted by molar-refractivity contribution is 5.91. The van der Waals surface area contributed by atoms with E-state index in [2.05, 4.69) is 44.0 Å². The average Bonchev–Trinajstić information content (AvgIpc) is 2.82. The van der Waals surface area contributed by atoms with E-state index >= 15 is 0 Å². The van der Waals surface area contributed by atoms with Gasteiger partial charge in [-0.3, -0.25) is 0 Å². The van der Waals surface area contributed by atoms with Crippen LogP contribution in [0.4, 0.5) is 17.3 Å². The summed E-state index contributed by atoms with van der Waals surface area (Å²) >= 11 is 0. The molecule has 0 atom stereocenters. The number of hydrogen-bond acceptors (Lipinski definition) is 8. The molecule has 0 N–H and O–H groups in total. The summed E-state index contributed by atoms with van der Waals surface area (Å²) in [5.74, 6) is 1.73. The van der Waals surface area contributed by atoms with Crippen LogP contribution in [0.15, 0.2) is 30.6 Å². The van der Waals surface area contributed by atoms with Crippen molar-refractivity contribution in [3.05, 3.63) is 47.4 Å². The number of nitriles is 1. The highest BCUT2D eigenvalue weighted by Gasteiger charge is 2.24. The molecular formula is C23H25N7O. The van der Waals surface area contributed by atoms with Gasteiger partial charge in [-0.15, -0.1) is 0 Å². The molecule has 1 aromatic carbocycles. The van der Waals surface area contributed by atoms with E-state index in [0.29, 0.717) is 18.8 Å². The van der Waals surface area contributed by atoms with Crippen molar-refractivity contribution in [3.63, 3.8) is 0 Å². The Balaban J connectivity index is 1.38. The molecule has 3 aromatic rings. The van der Waals surface area contributed by atoms with Crippen molar-refractivity contribution in [2.24, 2.45) is 0 Å². The number of ether oxygens (including phenoxy) is 1. The molecule has 0 unspecified atom stereocenters. The monoisotopic (exact) mass is 415 g/mol. The SMILES string of the molecule is CN(C)c1ncnc2ccc(N3CCN(c4nc5c(cc4C#N)COCC5)CC3)cc12. The lowest BCUT2D eigenvalue weighted by molar-refractivity contribution is 0.109. The summed E-state index contributed by atoms with van der Waals surface area (Å²) in [6.07, 6.45) is 2.42. The van der Waals surface area contributed by atoms with Gasteiger partial charge >= 0.3 is 0 Å². The van der Waals surface area contributed by atoms with E-state index < -0.39 is 0 Å². The average molecular weight is 416 g/mol. The summed E-state index contributed by atoms with van der Waals surface area (Å²) < 4.78 is 5.52. The maximum absolute atomic E-state index is 9.67. The Morgan fingerprint density at radius 2 is 1.87 bits per heavy atom. The van der Waals surface area contributed by atoms with Crippen molar-refractivity contribution in [2.45, 2.75) is 13.0 Å². The molecule has 2 aliphatic heterocycles. The summed E-state index contributed by atoms with van der Waals surface area (Å²) in [6.45, 7) is 4.61. The molecule has 8 heteroatoms. The van der Waals surface area contributed by atoms with Crippen molar-refractivity contribution in [2.75, 3.05) is 61.6 Å². The van der Waals surface area contributed by atoms with Gasteiger partial charge in [0.25, 0.3) is 0 Å². The minimum Gasteiger partial charge on any atom is -0.376 e. The number of nitrogens with zero attached hydrogens (tertiary/aromatic N) is 7. The lowest BCUT2D eigenvalue weighted by Crippen LogP contribution is -2.47. The van der Waals surface area contributed by atoms with Crippen LogP contribution < -0.4 is 14.7 Å². The fourth-order valence-corrected chi connectivity index (χ4v) is 4.36. The smallest absolute Gasteiger partial charge is 0.146 e. The summed E-state index contributed by atoms with van der Waals surface area (Å²) in [4.78, 5) is 20.3. The molecule has 2 aliphatic rings. The van der Waals surface area contributed by atoms with Crippen molar-refractivity contribution in [1.29, 1.82) is 5.26 Å². The van der Waals surface area contributed by atoms with Crippen molar-refractivity contribution >= 4 is 28.2 Å². The molecule has 4 heterocycles. The van der Waals surface area contributed by atoms with Crippen molar-refractivity contribution < 1.29 is 4.74 Å². The summed E-state index contributed by atoms with van der Waals surface area (Å²) in [6, 6.07) is 10.7. The first-order valence-electron chi connectivity index (χ1n) is 10.6. The van der Waals surface area contributed by atoms with E-state index in [1.54, 1.807) is 6.33 Å². The second kappa shape index (κ2) is 8.00.